The van der Waals surface area contributed by atoms with Gasteiger partial charge in [0.25, 0.3) is 5.97 Å². The molecule has 7 N–H and O–H groups in total. The molecule has 0 aliphatic carbocycles. The minimum Gasteiger partial charge on any atom is -0.481 e. The van der Waals surface area contributed by atoms with E-state index in [2.05, 4.69) is 42.3 Å². The number of para-hydroxylation sites is 4. The maximum Gasteiger partial charge on any atom is 0.410 e. The fourth-order valence-electron chi connectivity index (χ4n) is 10.2. The average Bonchev–Trinajstić information content (AvgIpc) is 0.812. The largest absolute Gasteiger partial charge is 0.481 e. The molecular formula is C78H111N9O22P4. The van der Waals surface area contributed by atoms with Crippen molar-refractivity contribution in [2.45, 2.75) is 79.8 Å². The van der Waals surface area contributed by atoms with Gasteiger partial charge in [-0.1, -0.05) is 140 Å². The molecule has 3 heterocycles. The van der Waals surface area contributed by atoms with Crippen LogP contribution in [0.25, 0.3) is 0 Å². The summed E-state index contributed by atoms with van der Waals surface area (Å²) in [6, 6.07) is 51.9. The van der Waals surface area contributed by atoms with Crippen molar-refractivity contribution in [1.29, 1.82) is 0 Å². The molecule has 6 aromatic carbocycles. The zero-order valence-corrected chi connectivity index (χ0v) is 68.9. The maximum absolute atomic E-state index is 13.7. The number of benzene rings is 6. The van der Waals surface area contributed by atoms with Crippen molar-refractivity contribution in [3.63, 3.8) is 0 Å². The van der Waals surface area contributed by atoms with E-state index in [0.29, 0.717) is 81.3 Å². The Balaban J connectivity index is 0.000000306. The van der Waals surface area contributed by atoms with Gasteiger partial charge in [-0.3, -0.25) is 37.8 Å². The average molecular weight is 1650 g/mol. The Hall–Kier alpha value is -9.05. The monoisotopic (exact) mass is 1650 g/mol. The van der Waals surface area contributed by atoms with E-state index in [4.69, 9.17) is 51.7 Å². The second kappa shape index (κ2) is 53.9. The van der Waals surface area contributed by atoms with Crippen molar-refractivity contribution in [1.82, 2.24) is 45.5 Å². The number of piperazine rings is 3. The Labute approximate surface area is 663 Å². The molecular weight excluding hydrogens is 1540 g/mol. The summed E-state index contributed by atoms with van der Waals surface area (Å²) in [4.78, 5) is 96.3. The minimum atomic E-state index is -3.53. The van der Waals surface area contributed by atoms with Crippen LogP contribution in [0, 0.1) is 0 Å². The number of esters is 3. The van der Waals surface area contributed by atoms with Crippen LogP contribution in [0.1, 0.15) is 59.6 Å². The number of amides is 2. The van der Waals surface area contributed by atoms with Gasteiger partial charge in [0.2, 0.25) is 0 Å². The van der Waals surface area contributed by atoms with Crippen LogP contribution < -0.4 is 44.0 Å². The summed E-state index contributed by atoms with van der Waals surface area (Å²) in [6.45, 7) is 26.0. The van der Waals surface area contributed by atoms with Crippen molar-refractivity contribution < 1.29 is 104 Å². The lowest BCUT2D eigenvalue weighted by molar-refractivity contribution is -0.145. The molecule has 9 rings (SSSR count). The van der Waals surface area contributed by atoms with Gasteiger partial charge < -0.3 is 81.9 Å². The molecule has 0 saturated carbocycles. The highest BCUT2D eigenvalue weighted by atomic mass is 31.2. The zero-order chi connectivity index (χ0) is 82.8. The van der Waals surface area contributed by atoms with Crippen molar-refractivity contribution in [3.05, 3.63) is 206 Å². The molecule has 4 unspecified atom stereocenters. The van der Waals surface area contributed by atoms with Gasteiger partial charge in [0, 0.05) is 98.6 Å². The zero-order valence-electron chi connectivity index (χ0n) is 65.3. The topological polar surface area (TPSA) is 384 Å². The summed E-state index contributed by atoms with van der Waals surface area (Å²) in [5.74, 6) is -0.541. The Morgan fingerprint density at radius 1 is 0.442 bits per heavy atom. The third-order valence-electron chi connectivity index (χ3n) is 15.8. The van der Waals surface area contributed by atoms with Crippen LogP contribution in [0.15, 0.2) is 195 Å². The Morgan fingerprint density at radius 3 is 1.06 bits per heavy atom. The van der Waals surface area contributed by atoms with Crippen molar-refractivity contribution in [3.8, 4) is 23.0 Å². The molecule has 6 aromatic rings. The first-order chi connectivity index (χ1) is 54.1. The highest BCUT2D eigenvalue weighted by Gasteiger charge is 2.35. The second-order valence-corrected chi connectivity index (χ2v) is 33.6. The second-order valence-electron chi connectivity index (χ2n) is 25.1. The van der Waals surface area contributed by atoms with E-state index in [0.717, 1.165) is 70.4 Å². The third-order valence-corrected chi connectivity index (χ3v) is 23.1. The fraction of sp³-hybridized carbons (Fsp3) is 0.423. The molecule has 0 aromatic heterocycles. The summed E-state index contributed by atoms with van der Waals surface area (Å²) in [6.07, 6.45) is 1.46. The predicted octanol–water partition coefficient (Wildman–Crippen LogP) is 11.2. The first-order valence-electron chi connectivity index (χ1n) is 37.1. The van der Waals surface area contributed by atoms with Crippen LogP contribution in [0.3, 0.4) is 0 Å². The van der Waals surface area contributed by atoms with E-state index < -0.39 is 72.2 Å². The smallest absolute Gasteiger partial charge is 0.410 e. The predicted molar refractivity (Wildman–Crippen MR) is 433 cm³/mol. The van der Waals surface area contributed by atoms with Crippen LogP contribution in [0.4, 0.5) is 9.59 Å². The number of ether oxygens (including phenoxy) is 5. The summed E-state index contributed by atoms with van der Waals surface area (Å²) in [5, 5.41) is 22.2. The molecule has 3 aliphatic heterocycles. The molecule has 620 valence electrons. The van der Waals surface area contributed by atoms with Gasteiger partial charge in [0.05, 0.1) is 38.3 Å². The van der Waals surface area contributed by atoms with E-state index in [1.165, 1.54) is 13.0 Å². The van der Waals surface area contributed by atoms with E-state index in [9.17, 15) is 51.9 Å². The Bertz CT molecular complexity index is 3930. The molecule has 3 aliphatic rings. The van der Waals surface area contributed by atoms with Crippen LogP contribution in [-0.4, -0.2) is 226 Å². The quantitative estimate of drug-likeness (QED) is 0.00648. The lowest BCUT2D eigenvalue weighted by Gasteiger charge is -2.34. The highest BCUT2D eigenvalue weighted by molar-refractivity contribution is 7.58. The summed E-state index contributed by atoms with van der Waals surface area (Å²) in [5.41, 5.74) is 1.96. The van der Waals surface area contributed by atoms with Gasteiger partial charge in [-0.15, -0.1) is 6.58 Å². The third kappa shape index (κ3) is 41.5. The lowest BCUT2D eigenvalue weighted by atomic mass is 10.2. The number of allylic oxidation sites excluding steroid dienone is 1. The first-order valence-corrected chi connectivity index (χ1v) is 44.3. The van der Waals surface area contributed by atoms with Crippen LogP contribution in [0.2, 0.25) is 0 Å². The van der Waals surface area contributed by atoms with Gasteiger partial charge in [-0.05, 0) is 101 Å². The van der Waals surface area contributed by atoms with Crippen molar-refractivity contribution in [2.24, 2.45) is 0 Å². The number of hydrogen-bond donors (Lipinski definition) is 7. The number of nitrogens with one attached hydrogen (secondary N) is 5. The molecule has 3 saturated heterocycles. The molecule has 31 nitrogen and oxygen atoms in total. The molecule has 7 atom stereocenters. The summed E-state index contributed by atoms with van der Waals surface area (Å²) in [7, 11) is -13.7. The normalized spacial score (nSPS) is 16.1. The van der Waals surface area contributed by atoms with Crippen LogP contribution in [-0.2, 0) is 79.1 Å². The summed E-state index contributed by atoms with van der Waals surface area (Å²) < 4.78 is 98.2. The number of carbonyl (C=O) groups is 7. The Kier molecular flexibility index (Phi) is 45.9. The van der Waals surface area contributed by atoms with Gasteiger partial charge in [0.15, 0.2) is 0 Å². The number of hydrogen-bond acceptors (Lipinski definition) is 24. The number of carboxylic acid groups (broad SMARTS) is 1. The van der Waals surface area contributed by atoms with Gasteiger partial charge in [-0.2, -0.15) is 0 Å². The molecule has 113 heavy (non-hydrogen) atoms. The van der Waals surface area contributed by atoms with E-state index in [-0.39, 0.29) is 57.1 Å². The number of aldehydes is 1. The number of nitrogens with zero attached hydrogens (tertiary/aromatic N) is 4. The van der Waals surface area contributed by atoms with E-state index in [1.807, 2.05) is 91.0 Å². The molecule has 0 spiro atoms. The molecule has 35 heteroatoms. The number of rotatable bonds is 34. The van der Waals surface area contributed by atoms with Crippen LogP contribution in [0.5, 0.6) is 23.0 Å². The highest BCUT2D eigenvalue weighted by Crippen LogP contribution is 2.46. The fourth-order valence-corrected chi connectivity index (χ4v) is 16.6. The Morgan fingerprint density at radius 2 is 0.735 bits per heavy atom. The summed E-state index contributed by atoms with van der Waals surface area (Å²) >= 11 is 0. The molecule has 0 bridgehead atoms. The number of carbonyl (C=O) groups excluding carboxylic acids is 6. The standard InChI is InChI=1S/C25H34N3O6P.C17H28N3O4P.C13H18NO5P.C12H16N2O2.C9H11O3P.C2H4O2/c1-3-32-24(29)21(2)26-35(31,34-23-12-8-5-9-13-23)19-18-27-14-16-28(17-15-27)25(30)33-20-22-10-6-4-7-11-22;1-3-23-17(21)15(2)19-25(22,24-16-7-5-4-6-8-16)14-13-20-11-9-18-10-12-20;1-3-18-13(16)11(2)14-20(17,10-9-15)19-12-7-5-4-6-8-12;15-12(14-8-6-13-7-9-14)16-10-11-4-2-1-3-5-11;1-2-8-13(10,11)12-9-6-4-3-5-7-9;1-2(3)4/h4-13,21H,3,14-20H2,1-2H3,(H,26,31);4-8,15,18H,3,9-14H2,1-2H3,(H,19,22);4-9,11H,3,10H2,1-2H3,(H,14,17);1-5,13H,6-10H2;2-7H,1,8H2,(H,10,11);1H3,(H,3,4)/t21-,35?;15-,25?;11-,20?;;;/m000.../s1. The van der Waals surface area contributed by atoms with Gasteiger partial charge >= 0.3 is 60.2 Å². The lowest BCUT2D eigenvalue weighted by Crippen LogP contribution is -2.49. The van der Waals surface area contributed by atoms with Gasteiger partial charge in [-0.25, -0.2) is 29.4 Å². The van der Waals surface area contributed by atoms with Crippen LogP contribution >= 0.6 is 30.2 Å². The number of carboxylic acids is 1. The minimum absolute atomic E-state index is 0.0398. The maximum atomic E-state index is 13.7. The van der Waals surface area contributed by atoms with Gasteiger partial charge in [0.1, 0.15) is 66.8 Å². The SMILES string of the molecule is C=CCP(=O)(O)Oc1ccccc1.CC(=O)O.CCOC(=O)[C@H](C)NP(=O)(CC=O)Oc1ccccc1.CCOC(=O)[C@H](C)NP(=O)(CCN1CCN(C(=O)OCc2ccccc2)CC1)Oc1ccccc1.CCOC(=O)[C@H](C)NP(=O)(CCN1CCNCC1)Oc1ccccc1.O=C(OCc1ccccc1)N1CCNCC1. The molecule has 3 fully saturated rings. The van der Waals surface area contributed by atoms with E-state index in [1.54, 1.807) is 135 Å². The van der Waals surface area contributed by atoms with Crippen molar-refractivity contribution in [2.75, 3.05) is 136 Å². The molecule has 2 amide bonds. The first kappa shape index (κ1) is 96.3. The number of aliphatic carboxylic acids is 1. The van der Waals surface area contributed by atoms with E-state index >= 15 is 0 Å². The molecule has 0 radical (unpaired) electrons. The van der Waals surface area contributed by atoms with Crippen molar-refractivity contribution >= 4 is 72.5 Å².